The Morgan fingerprint density at radius 3 is 2.94 bits per heavy atom. The van der Waals surface area contributed by atoms with E-state index < -0.39 is 0 Å². The molecule has 0 N–H and O–H groups in total. The lowest BCUT2D eigenvalue weighted by Crippen LogP contribution is -2.22. The standard InChI is InChI=1S/C13H24O4/c1-11(10-12(14)15-2)6-5-9-17-13-7-3-4-8-16-13/h11,13H,3-10H2,1-2H3/t11-,13?/m1/s1. The van der Waals surface area contributed by atoms with Gasteiger partial charge in [-0.3, -0.25) is 4.79 Å². The van der Waals surface area contributed by atoms with E-state index in [1.54, 1.807) is 0 Å². The number of carbonyl (C=O) groups excluding carboxylic acids is 1. The molecule has 4 heteroatoms. The maximum absolute atomic E-state index is 11.0. The van der Waals surface area contributed by atoms with Crippen LogP contribution in [0.1, 0.15) is 45.4 Å². The number of hydrogen-bond acceptors (Lipinski definition) is 4. The maximum Gasteiger partial charge on any atom is 0.305 e. The van der Waals surface area contributed by atoms with Crippen LogP contribution < -0.4 is 0 Å². The summed E-state index contributed by atoms with van der Waals surface area (Å²) in [4.78, 5) is 11.0. The highest BCUT2D eigenvalue weighted by atomic mass is 16.7. The number of rotatable bonds is 7. The lowest BCUT2D eigenvalue weighted by atomic mass is 10.0. The predicted octanol–water partition coefficient (Wildman–Crippen LogP) is 2.51. The topological polar surface area (TPSA) is 44.8 Å². The second-order valence-electron chi connectivity index (χ2n) is 4.69. The van der Waals surface area contributed by atoms with Gasteiger partial charge in [-0.25, -0.2) is 0 Å². The van der Waals surface area contributed by atoms with Crippen LogP contribution in [0.2, 0.25) is 0 Å². The number of methoxy groups -OCH3 is 1. The summed E-state index contributed by atoms with van der Waals surface area (Å²) < 4.78 is 15.7. The quantitative estimate of drug-likeness (QED) is 0.510. The Hall–Kier alpha value is -0.610. The van der Waals surface area contributed by atoms with Crippen molar-refractivity contribution >= 4 is 5.97 Å². The molecule has 0 aromatic rings. The Kier molecular flexibility index (Phi) is 7.21. The molecule has 0 aromatic carbocycles. The second-order valence-corrected chi connectivity index (χ2v) is 4.69. The minimum absolute atomic E-state index is 0.000312. The molecule has 1 fully saturated rings. The van der Waals surface area contributed by atoms with Gasteiger partial charge in [0, 0.05) is 19.6 Å². The van der Waals surface area contributed by atoms with Crippen molar-refractivity contribution in [2.24, 2.45) is 5.92 Å². The van der Waals surface area contributed by atoms with Crippen LogP contribution >= 0.6 is 0 Å². The highest BCUT2D eigenvalue weighted by Crippen LogP contribution is 2.15. The fraction of sp³-hybridized carbons (Fsp3) is 0.923. The van der Waals surface area contributed by atoms with Crippen LogP contribution in [-0.2, 0) is 19.0 Å². The lowest BCUT2D eigenvalue weighted by molar-refractivity contribution is -0.163. The minimum atomic E-state index is -0.131. The molecular formula is C13H24O4. The molecule has 4 nitrogen and oxygen atoms in total. The van der Waals surface area contributed by atoms with Gasteiger partial charge in [-0.1, -0.05) is 6.92 Å². The van der Waals surface area contributed by atoms with E-state index in [0.717, 1.165) is 38.9 Å². The zero-order chi connectivity index (χ0) is 12.5. The Morgan fingerprint density at radius 1 is 1.47 bits per heavy atom. The molecule has 1 rings (SSSR count). The van der Waals surface area contributed by atoms with Gasteiger partial charge < -0.3 is 14.2 Å². The third-order valence-corrected chi connectivity index (χ3v) is 3.03. The number of ether oxygens (including phenoxy) is 3. The number of carbonyl (C=O) groups is 1. The van der Waals surface area contributed by atoms with Gasteiger partial charge in [-0.15, -0.1) is 0 Å². The largest absolute Gasteiger partial charge is 0.469 e. The van der Waals surface area contributed by atoms with Crippen LogP contribution in [0.25, 0.3) is 0 Å². The fourth-order valence-corrected chi connectivity index (χ4v) is 1.96. The maximum atomic E-state index is 11.0. The number of esters is 1. The average molecular weight is 244 g/mol. The van der Waals surface area contributed by atoms with Crippen molar-refractivity contribution in [2.75, 3.05) is 20.3 Å². The highest BCUT2D eigenvalue weighted by Gasteiger charge is 2.14. The molecule has 1 aliphatic heterocycles. The van der Waals surface area contributed by atoms with Crippen LogP contribution in [0, 0.1) is 5.92 Å². The summed E-state index contributed by atoms with van der Waals surface area (Å²) in [7, 11) is 1.43. The van der Waals surface area contributed by atoms with E-state index in [4.69, 9.17) is 9.47 Å². The van der Waals surface area contributed by atoms with Crippen LogP contribution in [0.15, 0.2) is 0 Å². The molecule has 1 aliphatic rings. The van der Waals surface area contributed by atoms with Gasteiger partial charge in [-0.2, -0.15) is 0 Å². The zero-order valence-corrected chi connectivity index (χ0v) is 10.9. The fourth-order valence-electron chi connectivity index (χ4n) is 1.96. The van der Waals surface area contributed by atoms with E-state index in [1.807, 2.05) is 0 Å². The van der Waals surface area contributed by atoms with Gasteiger partial charge in [0.05, 0.1) is 7.11 Å². The van der Waals surface area contributed by atoms with E-state index in [1.165, 1.54) is 13.5 Å². The van der Waals surface area contributed by atoms with Crippen molar-refractivity contribution in [2.45, 2.75) is 51.7 Å². The van der Waals surface area contributed by atoms with E-state index in [-0.39, 0.29) is 12.3 Å². The predicted molar refractivity (Wildman–Crippen MR) is 64.6 cm³/mol. The highest BCUT2D eigenvalue weighted by molar-refractivity contribution is 5.69. The molecule has 0 saturated carbocycles. The third-order valence-electron chi connectivity index (χ3n) is 3.03. The van der Waals surface area contributed by atoms with Crippen molar-refractivity contribution in [3.05, 3.63) is 0 Å². The summed E-state index contributed by atoms with van der Waals surface area (Å²) in [5, 5.41) is 0. The van der Waals surface area contributed by atoms with Crippen LogP contribution in [-0.4, -0.2) is 32.6 Å². The molecule has 1 saturated heterocycles. The molecular weight excluding hydrogens is 220 g/mol. The number of hydrogen-bond donors (Lipinski definition) is 0. The molecule has 100 valence electrons. The first-order valence-electron chi connectivity index (χ1n) is 6.52. The van der Waals surface area contributed by atoms with Gasteiger partial charge in [-0.05, 0) is 38.0 Å². The van der Waals surface area contributed by atoms with E-state index >= 15 is 0 Å². The molecule has 0 aliphatic carbocycles. The summed E-state index contributed by atoms with van der Waals surface area (Å²) in [5.41, 5.74) is 0. The van der Waals surface area contributed by atoms with Crippen molar-refractivity contribution in [1.29, 1.82) is 0 Å². The van der Waals surface area contributed by atoms with Gasteiger partial charge in [0.1, 0.15) is 0 Å². The van der Waals surface area contributed by atoms with Crippen LogP contribution in [0.4, 0.5) is 0 Å². The summed E-state index contributed by atoms with van der Waals surface area (Å²) in [6, 6.07) is 0. The van der Waals surface area contributed by atoms with Gasteiger partial charge >= 0.3 is 5.97 Å². The molecule has 17 heavy (non-hydrogen) atoms. The first-order chi connectivity index (χ1) is 8.22. The van der Waals surface area contributed by atoms with Crippen LogP contribution in [0.3, 0.4) is 0 Å². The van der Waals surface area contributed by atoms with Crippen molar-refractivity contribution in [1.82, 2.24) is 0 Å². The van der Waals surface area contributed by atoms with E-state index in [0.29, 0.717) is 12.3 Å². The molecule has 0 radical (unpaired) electrons. The Labute approximate surface area is 104 Å². The Balaban J connectivity index is 1.97. The Bertz CT molecular complexity index is 211. The summed E-state index contributed by atoms with van der Waals surface area (Å²) in [6.07, 6.45) is 5.81. The van der Waals surface area contributed by atoms with Gasteiger partial charge in [0.15, 0.2) is 6.29 Å². The smallest absolute Gasteiger partial charge is 0.305 e. The average Bonchev–Trinajstić information content (AvgIpc) is 2.36. The van der Waals surface area contributed by atoms with E-state index in [2.05, 4.69) is 11.7 Å². The molecule has 0 spiro atoms. The van der Waals surface area contributed by atoms with Gasteiger partial charge in [0.25, 0.3) is 0 Å². The first-order valence-corrected chi connectivity index (χ1v) is 6.52. The Morgan fingerprint density at radius 2 is 2.29 bits per heavy atom. The summed E-state index contributed by atoms with van der Waals surface area (Å²) in [6.45, 7) is 3.60. The van der Waals surface area contributed by atoms with Crippen LogP contribution in [0.5, 0.6) is 0 Å². The lowest BCUT2D eigenvalue weighted by Gasteiger charge is -2.22. The van der Waals surface area contributed by atoms with E-state index in [9.17, 15) is 4.79 Å². The summed E-state index contributed by atoms with van der Waals surface area (Å²) in [5.74, 6) is 0.229. The molecule has 0 amide bonds. The van der Waals surface area contributed by atoms with Crippen molar-refractivity contribution in [3.8, 4) is 0 Å². The third kappa shape index (κ3) is 6.64. The summed E-state index contributed by atoms with van der Waals surface area (Å²) >= 11 is 0. The molecule has 0 bridgehead atoms. The van der Waals surface area contributed by atoms with Gasteiger partial charge in [0.2, 0.25) is 0 Å². The molecule has 1 unspecified atom stereocenters. The second kappa shape index (κ2) is 8.48. The monoisotopic (exact) mass is 244 g/mol. The minimum Gasteiger partial charge on any atom is -0.469 e. The molecule has 0 aromatic heterocycles. The molecule has 1 heterocycles. The SMILES string of the molecule is COC(=O)C[C@H](C)CCCOC1CCCCO1. The zero-order valence-electron chi connectivity index (χ0n) is 10.9. The normalized spacial score (nSPS) is 22.1. The van der Waals surface area contributed by atoms with Crippen molar-refractivity contribution in [3.63, 3.8) is 0 Å². The molecule has 2 atom stereocenters. The first kappa shape index (κ1) is 14.5. The van der Waals surface area contributed by atoms with Crippen molar-refractivity contribution < 1.29 is 19.0 Å².